The Balaban J connectivity index is 3.75. The second-order valence-electron chi connectivity index (χ2n) is 18.1. The van der Waals surface area contributed by atoms with Gasteiger partial charge < -0.3 is 25.2 Å². The van der Waals surface area contributed by atoms with E-state index >= 15 is 0 Å². The number of esters is 1. The molecule has 0 aliphatic heterocycles. The van der Waals surface area contributed by atoms with Crippen molar-refractivity contribution in [2.45, 2.75) is 276 Å². The lowest BCUT2D eigenvalue weighted by Gasteiger charge is -2.18. The molecule has 0 rings (SSSR count). The predicted molar refractivity (Wildman–Crippen MR) is 259 cm³/mol. The normalized spacial score (nSPS) is 13.6. The molecule has 0 saturated heterocycles. The Bertz CT molecular complexity index is 1120. The van der Waals surface area contributed by atoms with Gasteiger partial charge in [0.2, 0.25) is 5.91 Å². The summed E-state index contributed by atoms with van der Waals surface area (Å²) < 4.78 is 26.9. The number of carboxylic acid groups (broad SMARTS) is 1. The van der Waals surface area contributed by atoms with Gasteiger partial charge in [-0.25, -0.2) is 9.36 Å². The van der Waals surface area contributed by atoms with Crippen molar-refractivity contribution in [2.75, 3.05) is 19.8 Å². The van der Waals surface area contributed by atoms with Crippen molar-refractivity contribution in [2.24, 2.45) is 0 Å². The SMILES string of the molecule is CCCCCCCC/C=C\CCCCCCCC(=O)NC(COP(=O)(O)OCC(O)COC(=O)CCCCCCCCCCCCCCCCCCCCCCCCCC)C(=O)O. The molecule has 0 aromatic heterocycles. The van der Waals surface area contributed by atoms with Crippen LogP contribution in [0.4, 0.5) is 0 Å². The zero-order chi connectivity index (χ0) is 46.3. The number of allylic oxidation sites excluding steroid dienone is 2. The maximum atomic E-state index is 12.3. The van der Waals surface area contributed by atoms with Crippen LogP contribution in [0.3, 0.4) is 0 Å². The van der Waals surface area contributed by atoms with Crippen LogP contribution in [0.25, 0.3) is 0 Å². The minimum Gasteiger partial charge on any atom is -0.480 e. The maximum absolute atomic E-state index is 12.3. The number of hydrogen-bond acceptors (Lipinski definition) is 8. The van der Waals surface area contributed by atoms with Crippen molar-refractivity contribution in [1.82, 2.24) is 5.32 Å². The van der Waals surface area contributed by atoms with Gasteiger partial charge in [0.1, 0.15) is 12.7 Å². The number of ether oxygens (including phenoxy) is 1. The first-order chi connectivity index (χ1) is 30.6. The number of aliphatic hydroxyl groups is 1. The third kappa shape index (κ3) is 46.5. The molecule has 0 saturated carbocycles. The van der Waals surface area contributed by atoms with E-state index in [-0.39, 0.29) is 12.8 Å². The van der Waals surface area contributed by atoms with Crippen LogP contribution in [0.2, 0.25) is 0 Å². The molecule has 0 aromatic rings. The molecule has 0 heterocycles. The van der Waals surface area contributed by atoms with Crippen LogP contribution in [0.5, 0.6) is 0 Å². The number of amides is 1. The fourth-order valence-corrected chi connectivity index (χ4v) is 8.50. The number of aliphatic carboxylic acids is 1. The molecule has 1 amide bonds. The van der Waals surface area contributed by atoms with E-state index in [4.69, 9.17) is 13.8 Å². The van der Waals surface area contributed by atoms with E-state index in [2.05, 4.69) is 31.3 Å². The summed E-state index contributed by atoms with van der Waals surface area (Å²) in [6.45, 7) is 2.63. The number of rotatable bonds is 50. The zero-order valence-electron chi connectivity index (χ0n) is 40.7. The summed E-state index contributed by atoms with van der Waals surface area (Å²) >= 11 is 0. The average molecular weight is 916 g/mol. The summed E-state index contributed by atoms with van der Waals surface area (Å²) in [5, 5.41) is 21.9. The van der Waals surface area contributed by atoms with Gasteiger partial charge in [0.15, 0.2) is 6.04 Å². The van der Waals surface area contributed by atoms with Gasteiger partial charge in [0.25, 0.3) is 0 Å². The highest BCUT2D eigenvalue weighted by atomic mass is 31.2. The molecule has 372 valence electrons. The monoisotopic (exact) mass is 916 g/mol. The lowest BCUT2D eigenvalue weighted by molar-refractivity contribution is -0.147. The Morgan fingerprint density at radius 1 is 0.492 bits per heavy atom. The summed E-state index contributed by atoms with van der Waals surface area (Å²) in [5.41, 5.74) is 0. The molecular weight excluding hydrogens is 818 g/mol. The molecule has 0 aromatic carbocycles. The van der Waals surface area contributed by atoms with Gasteiger partial charge >= 0.3 is 19.8 Å². The number of hydrogen-bond donors (Lipinski definition) is 4. The van der Waals surface area contributed by atoms with Crippen LogP contribution >= 0.6 is 7.82 Å². The summed E-state index contributed by atoms with van der Waals surface area (Å²) in [5.74, 6) is -2.37. The zero-order valence-corrected chi connectivity index (χ0v) is 41.5. The van der Waals surface area contributed by atoms with Crippen molar-refractivity contribution in [1.29, 1.82) is 0 Å². The van der Waals surface area contributed by atoms with Gasteiger partial charge in [-0.3, -0.25) is 18.6 Å². The highest BCUT2D eigenvalue weighted by molar-refractivity contribution is 7.47. The first-order valence-electron chi connectivity index (χ1n) is 26.2. The Labute approximate surface area is 386 Å². The number of phosphoric ester groups is 1. The van der Waals surface area contributed by atoms with Crippen molar-refractivity contribution in [3.63, 3.8) is 0 Å². The van der Waals surface area contributed by atoms with Crippen LogP contribution in [-0.4, -0.2) is 64.9 Å². The standard InChI is InChI=1S/C51H98NO10P/c1-3-5-7-9-11-13-15-17-19-20-21-22-23-24-25-26-27-29-31-33-35-37-39-41-43-50(55)60-44-47(53)45-61-63(58,59)62-46-48(51(56)57)52-49(54)42-40-38-36-34-32-30-28-18-16-14-12-10-8-6-4-2/h18,28,47-48,53H,3-17,19-27,29-46H2,1-2H3,(H,52,54)(H,56,57)(H,58,59)/b28-18-. The van der Waals surface area contributed by atoms with Crippen LogP contribution in [0.15, 0.2) is 12.2 Å². The summed E-state index contributed by atoms with van der Waals surface area (Å²) in [4.78, 5) is 46.1. The van der Waals surface area contributed by atoms with Gasteiger partial charge in [-0.05, 0) is 38.5 Å². The minimum absolute atomic E-state index is 0.139. The smallest absolute Gasteiger partial charge is 0.472 e. The number of unbranched alkanes of at least 4 members (excludes halogenated alkanes) is 34. The maximum Gasteiger partial charge on any atom is 0.472 e. The Hall–Kier alpha value is -1.78. The largest absolute Gasteiger partial charge is 0.480 e. The van der Waals surface area contributed by atoms with Crippen molar-refractivity contribution in [3.8, 4) is 0 Å². The topological polar surface area (TPSA) is 169 Å². The fraction of sp³-hybridized carbons (Fsp3) is 0.902. The molecule has 63 heavy (non-hydrogen) atoms. The van der Waals surface area contributed by atoms with Crippen molar-refractivity contribution < 1.29 is 47.8 Å². The molecule has 0 fully saturated rings. The van der Waals surface area contributed by atoms with E-state index in [0.717, 1.165) is 57.8 Å². The van der Waals surface area contributed by atoms with E-state index in [1.54, 1.807) is 0 Å². The lowest BCUT2D eigenvalue weighted by atomic mass is 10.0. The van der Waals surface area contributed by atoms with Crippen molar-refractivity contribution in [3.05, 3.63) is 12.2 Å². The molecule has 12 heteroatoms. The highest BCUT2D eigenvalue weighted by Crippen LogP contribution is 2.43. The van der Waals surface area contributed by atoms with Crippen LogP contribution in [-0.2, 0) is 32.7 Å². The molecule has 4 N–H and O–H groups in total. The lowest BCUT2D eigenvalue weighted by Crippen LogP contribution is -2.43. The fourth-order valence-electron chi connectivity index (χ4n) is 7.72. The van der Waals surface area contributed by atoms with Gasteiger partial charge in [-0.1, -0.05) is 225 Å². The summed E-state index contributed by atoms with van der Waals surface area (Å²) in [6.07, 6.45) is 49.6. The molecule has 3 unspecified atom stereocenters. The van der Waals surface area contributed by atoms with E-state index in [0.29, 0.717) is 12.8 Å². The predicted octanol–water partition coefficient (Wildman–Crippen LogP) is 14.4. The Morgan fingerprint density at radius 2 is 0.825 bits per heavy atom. The van der Waals surface area contributed by atoms with Gasteiger partial charge in [-0.15, -0.1) is 0 Å². The summed E-state index contributed by atoms with van der Waals surface area (Å²) in [6, 6.07) is -1.55. The first kappa shape index (κ1) is 61.2. The highest BCUT2D eigenvalue weighted by Gasteiger charge is 2.28. The third-order valence-electron chi connectivity index (χ3n) is 11.8. The number of carbonyl (C=O) groups excluding carboxylic acids is 2. The minimum atomic E-state index is -4.76. The molecule has 3 atom stereocenters. The Morgan fingerprint density at radius 3 is 1.21 bits per heavy atom. The van der Waals surface area contributed by atoms with Gasteiger partial charge in [0, 0.05) is 12.8 Å². The van der Waals surface area contributed by atoms with Crippen LogP contribution in [0, 0.1) is 0 Å². The number of carbonyl (C=O) groups is 3. The number of carboxylic acids is 1. The van der Waals surface area contributed by atoms with Crippen LogP contribution < -0.4 is 5.32 Å². The first-order valence-corrected chi connectivity index (χ1v) is 27.7. The molecule has 0 spiro atoms. The molecule has 0 aliphatic carbocycles. The number of phosphoric acid groups is 1. The average Bonchev–Trinajstić information content (AvgIpc) is 3.26. The summed E-state index contributed by atoms with van der Waals surface area (Å²) in [7, 11) is -4.76. The second kappa shape index (κ2) is 46.7. The van der Waals surface area contributed by atoms with Crippen molar-refractivity contribution >= 4 is 25.7 Å². The second-order valence-corrected chi connectivity index (χ2v) is 19.5. The van der Waals surface area contributed by atoms with Gasteiger partial charge in [-0.2, -0.15) is 0 Å². The molecule has 0 aliphatic rings. The number of aliphatic hydroxyl groups excluding tert-OH is 1. The Kier molecular flexibility index (Phi) is 45.4. The third-order valence-corrected chi connectivity index (χ3v) is 12.8. The van der Waals surface area contributed by atoms with E-state index < -0.39 is 57.6 Å². The van der Waals surface area contributed by atoms with Gasteiger partial charge in [0.05, 0.1) is 13.2 Å². The molecule has 0 radical (unpaired) electrons. The number of nitrogens with one attached hydrogen (secondary N) is 1. The van der Waals surface area contributed by atoms with Crippen LogP contribution in [0.1, 0.15) is 264 Å². The van der Waals surface area contributed by atoms with E-state index in [9.17, 15) is 34.1 Å². The van der Waals surface area contributed by atoms with E-state index in [1.165, 1.54) is 167 Å². The quantitative estimate of drug-likeness (QED) is 0.0199. The molecule has 11 nitrogen and oxygen atoms in total. The molecule has 0 bridgehead atoms. The van der Waals surface area contributed by atoms with E-state index in [1.807, 2.05) is 0 Å². The molecular formula is C51H98NO10P.